The topological polar surface area (TPSA) is 80.2 Å². The second kappa shape index (κ2) is 11.2. The molecule has 35 heavy (non-hydrogen) atoms. The van der Waals surface area contributed by atoms with E-state index in [1.807, 2.05) is 39.0 Å². The van der Waals surface area contributed by atoms with Gasteiger partial charge >= 0.3 is 0 Å². The average Bonchev–Trinajstić information content (AvgIpc) is 3.26. The van der Waals surface area contributed by atoms with Gasteiger partial charge in [0.05, 0.1) is 24.0 Å². The molecule has 3 aromatic rings. The minimum Gasteiger partial charge on any atom is -0.490 e. The summed E-state index contributed by atoms with van der Waals surface area (Å²) in [5.74, 6) is 0.308. The molecule has 2 aromatic heterocycles. The molecule has 1 amide bonds. The number of ether oxygens (including phenoxy) is 1. The highest BCUT2D eigenvalue weighted by Crippen LogP contribution is 2.31. The number of carbonyl (C=O) groups is 1. The van der Waals surface area contributed by atoms with Crippen LogP contribution in [0, 0.1) is 13.8 Å². The Hall–Kier alpha value is -2.98. The lowest BCUT2D eigenvalue weighted by molar-refractivity contribution is 0.0478. The van der Waals surface area contributed by atoms with Gasteiger partial charge in [0.15, 0.2) is 0 Å². The van der Waals surface area contributed by atoms with Gasteiger partial charge < -0.3 is 10.1 Å². The first-order valence-electron chi connectivity index (χ1n) is 11.6. The Bertz CT molecular complexity index is 1150. The normalized spacial score (nSPS) is 15.8. The molecule has 3 heterocycles. The molecule has 1 atom stereocenters. The third-order valence-electron chi connectivity index (χ3n) is 5.88. The number of alkyl halides is 2. The number of hydrogen-bond acceptors (Lipinski definition) is 7. The van der Waals surface area contributed by atoms with Gasteiger partial charge in [0.1, 0.15) is 16.9 Å². The fraction of sp³-hybridized carbons (Fsp3) is 0.440. The van der Waals surface area contributed by atoms with E-state index in [0.29, 0.717) is 42.9 Å². The summed E-state index contributed by atoms with van der Waals surface area (Å²) >= 11 is 1.54. The molecular formula is C25H29F2N5O2S. The molecule has 186 valence electrons. The molecule has 1 aromatic carbocycles. The van der Waals surface area contributed by atoms with Crippen molar-refractivity contribution < 1.29 is 18.3 Å². The highest BCUT2D eigenvalue weighted by atomic mass is 32.1. The third-order valence-corrected chi connectivity index (χ3v) is 6.84. The molecule has 0 radical (unpaired) electrons. The van der Waals surface area contributed by atoms with E-state index in [1.54, 1.807) is 23.2 Å². The summed E-state index contributed by atoms with van der Waals surface area (Å²) in [6.07, 6.45) is 0.662. The van der Waals surface area contributed by atoms with Crippen molar-refractivity contribution in [3.05, 3.63) is 58.4 Å². The van der Waals surface area contributed by atoms with Crippen LogP contribution in [-0.2, 0) is 0 Å². The van der Waals surface area contributed by atoms with Crippen LogP contribution in [-0.4, -0.2) is 58.2 Å². The predicted octanol–water partition coefficient (Wildman–Crippen LogP) is 4.82. The molecule has 1 aliphatic rings. The maximum Gasteiger partial charge on any atom is 0.251 e. The van der Waals surface area contributed by atoms with Crippen molar-refractivity contribution in [2.24, 2.45) is 0 Å². The summed E-state index contributed by atoms with van der Waals surface area (Å²) in [6.45, 7) is 6.60. The minimum absolute atomic E-state index is 0.102. The first kappa shape index (κ1) is 25.1. The molecule has 10 heteroatoms. The van der Waals surface area contributed by atoms with E-state index in [9.17, 15) is 13.6 Å². The van der Waals surface area contributed by atoms with Crippen molar-refractivity contribution in [3.8, 4) is 16.3 Å². The Kier molecular flexibility index (Phi) is 8.02. The van der Waals surface area contributed by atoms with Gasteiger partial charge in [0.25, 0.3) is 12.3 Å². The van der Waals surface area contributed by atoms with Crippen LogP contribution in [0.1, 0.15) is 52.4 Å². The van der Waals surface area contributed by atoms with E-state index in [2.05, 4.69) is 20.5 Å². The molecular weight excluding hydrogens is 472 g/mol. The molecule has 7 nitrogen and oxygen atoms in total. The SMILES string of the molecule is Cc1ccc([C@@H](C)NC(=O)c2cc(OC3CCN(CC(F)F)CC3)cc(-c3ncc(C)s3)c2)nn1. The molecule has 0 unspecified atom stereocenters. The van der Waals surface area contributed by atoms with Crippen LogP contribution in [0.15, 0.2) is 36.5 Å². The standard InChI is InChI=1S/C25H29F2N5O2S/c1-15-4-5-22(31-30-15)17(3)29-24(33)18-10-19(25-28-13-16(2)35-25)12-21(11-18)34-20-6-8-32(9-7-20)14-23(26)27/h4-5,10-13,17,20,23H,6-9,14H2,1-3H3,(H,29,33)/t17-/m1/s1. The lowest BCUT2D eigenvalue weighted by Gasteiger charge is -2.32. The molecule has 0 aliphatic carbocycles. The first-order chi connectivity index (χ1) is 16.8. The van der Waals surface area contributed by atoms with Crippen LogP contribution in [0.3, 0.4) is 0 Å². The Labute approximate surface area is 207 Å². The Balaban J connectivity index is 1.52. The minimum atomic E-state index is -2.33. The summed E-state index contributed by atoms with van der Waals surface area (Å²) in [5, 5.41) is 12.0. The maximum absolute atomic E-state index is 13.2. The number of amides is 1. The number of rotatable bonds is 8. The van der Waals surface area contributed by atoms with E-state index in [-0.39, 0.29) is 24.6 Å². The number of piperidine rings is 1. The van der Waals surface area contributed by atoms with Crippen LogP contribution in [0.25, 0.3) is 10.6 Å². The maximum atomic E-state index is 13.2. The van der Waals surface area contributed by atoms with E-state index in [0.717, 1.165) is 21.1 Å². The monoisotopic (exact) mass is 501 g/mol. The highest BCUT2D eigenvalue weighted by Gasteiger charge is 2.23. The van der Waals surface area contributed by atoms with Crippen molar-refractivity contribution in [1.29, 1.82) is 0 Å². The van der Waals surface area contributed by atoms with Crippen molar-refractivity contribution >= 4 is 17.2 Å². The van der Waals surface area contributed by atoms with Crippen LogP contribution < -0.4 is 10.1 Å². The number of likely N-dealkylation sites (tertiary alicyclic amines) is 1. The number of benzene rings is 1. The lowest BCUT2D eigenvalue weighted by Crippen LogP contribution is -2.40. The molecule has 1 saturated heterocycles. The zero-order valence-corrected chi connectivity index (χ0v) is 20.8. The van der Waals surface area contributed by atoms with Crippen molar-refractivity contribution in [2.45, 2.75) is 52.2 Å². The quantitative estimate of drug-likeness (QED) is 0.477. The van der Waals surface area contributed by atoms with Gasteiger partial charge in [-0.05, 0) is 63.9 Å². The molecule has 4 rings (SSSR count). The summed E-state index contributed by atoms with van der Waals surface area (Å²) in [7, 11) is 0. The van der Waals surface area contributed by atoms with Crippen LogP contribution in [0.4, 0.5) is 8.78 Å². The van der Waals surface area contributed by atoms with E-state index in [4.69, 9.17) is 4.74 Å². The second-order valence-electron chi connectivity index (χ2n) is 8.83. The summed E-state index contributed by atoms with van der Waals surface area (Å²) in [6, 6.07) is 8.78. The van der Waals surface area contributed by atoms with Gasteiger partial charge in [-0.25, -0.2) is 13.8 Å². The van der Waals surface area contributed by atoms with Gasteiger partial charge in [-0.15, -0.1) is 11.3 Å². The smallest absolute Gasteiger partial charge is 0.251 e. The Morgan fingerprint density at radius 3 is 2.60 bits per heavy atom. The van der Waals surface area contributed by atoms with Crippen molar-refractivity contribution in [1.82, 2.24) is 25.4 Å². The summed E-state index contributed by atoms with van der Waals surface area (Å²) < 4.78 is 31.6. The number of carbonyl (C=O) groups excluding carboxylic acids is 1. The number of hydrogen-bond donors (Lipinski definition) is 1. The molecule has 0 spiro atoms. The number of nitrogens with one attached hydrogen (secondary N) is 1. The van der Waals surface area contributed by atoms with Gasteiger partial charge in [0.2, 0.25) is 0 Å². The number of thiazole rings is 1. The van der Waals surface area contributed by atoms with E-state index < -0.39 is 6.43 Å². The fourth-order valence-corrected chi connectivity index (χ4v) is 4.75. The third kappa shape index (κ3) is 6.79. The molecule has 1 fully saturated rings. The number of aromatic nitrogens is 3. The number of aryl methyl sites for hydroxylation is 2. The Morgan fingerprint density at radius 1 is 1.20 bits per heavy atom. The molecule has 1 aliphatic heterocycles. The summed E-state index contributed by atoms with van der Waals surface area (Å²) in [5.41, 5.74) is 2.72. The zero-order chi connectivity index (χ0) is 24.9. The zero-order valence-electron chi connectivity index (χ0n) is 20.0. The molecule has 0 bridgehead atoms. The average molecular weight is 502 g/mol. The number of halogens is 2. The van der Waals surface area contributed by atoms with E-state index in [1.165, 1.54) is 11.3 Å². The molecule has 1 N–H and O–H groups in total. The Morgan fingerprint density at radius 2 is 1.97 bits per heavy atom. The van der Waals surface area contributed by atoms with Crippen LogP contribution in [0.2, 0.25) is 0 Å². The first-order valence-corrected chi connectivity index (χ1v) is 12.4. The van der Waals surface area contributed by atoms with E-state index >= 15 is 0 Å². The number of nitrogens with zero attached hydrogens (tertiary/aromatic N) is 4. The fourth-order valence-electron chi connectivity index (χ4n) is 4.00. The largest absolute Gasteiger partial charge is 0.490 e. The van der Waals surface area contributed by atoms with Gasteiger partial charge in [-0.2, -0.15) is 10.2 Å². The second-order valence-corrected chi connectivity index (χ2v) is 10.1. The highest BCUT2D eigenvalue weighted by molar-refractivity contribution is 7.14. The van der Waals surface area contributed by atoms with Crippen LogP contribution in [0.5, 0.6) is 5.75 Å². The van der Waals surface area contributed by atoms with Gasteiger partial charge in [0, 0.05) is 35.3 Å². The van der Waals surface area contributed by atoms with Crippen molar-refractivity contribution in [3.63, 3.8) is 0 Å². The van der Waals surface area contributed by atoms with Gasteiger partial charge in [-0.1, -0.05) is 0 Å². The van der Waals surface area contributed by atoms with Gasteiger partial charge in [-0.3, -0.25) is 9.69 Å². The van der Waals surface area contributed by atoms with Crippen molar-refractivity contribution in [2.75, 3.05) is 19.6 Å². The van der Waals surface area contributed by atoms with Crippen LogP contribution >= 0.6 is 11.3 Å². The predicted molar refractivity (Wildman–Crippen MR) is 131 cm³/mol. The summed E-state index contributed by atoms with van der Waals surface area (Å²) in [4.78, 5) is 20.5. The lowest BCUT2D eigenvalue weighted by atomic mass is 10.1. The molecule has 0 saturated carbocycles.